The molecule has 2 N–H and O–H groups in total. The van der Waals surface area contributed by atoms with Gasteiger partial charge in [0, 0.05) is 31.7 Å². The van der Waals surface area contributed by atoms with Crippen molar-refractivity contribution in [1.82, 2.24) is 9.80 Å². The van der Waals surface area contributed by atoms with Crippen LogP contribution in [-0.2, 0) is 9.59 Å². The van der Waals surface area contributed by atoms with E-state index in [1.165, 1.54) is 17.3 Å². The predicted octanol–water partition coefficient (Wildman–Crippen LogP) is 1.89. The lowest BCUT2D eigenvalue weighted by molar-refractivity contribution is -0.130. The molecule has 0 aliphatic carbocycles. The highest BCUT2D eigenvalue weighted by Crippen LogP contribution is 2.26. The van der Waals surface area contributed by atoms with Gasteiger partial charge in [-0.25, -0.2) is 0 Å². The van der Waals surface area contributed by atoms with E-state index in [0.717, 1.165) is 19.5 Å². The minimum Gasteiger partial charge on any atom is -0.369 e. The van der Waals surface area contributed by atoms with Gasteiger partial charge in [0.15, 0.2) is 0 Å². The first-order valence-electron chi connectivity index (χ1n) is 8.47. The highest BCUT2D eigenvalue weighted by molar-refractivity contribution is 8.00. The molecule has 5 nitrogen and oxygen atoms in total. The number of nitrogens with zero attached hydrogens (tertiary/aromatic N) is 2. The Labute approximate surface area is 148 Å². The number of hydrogen-bond donors (Lipinski definition) is 1. The molecule has 0 spiro atoms. The molecule has 24 heavy (non-hydrogen) atoms. The van der Waals surface area contributed by atoms with Crippen molar-refractivity contribution >= 4 is 23.6 Å². The summed E-state index contributed by atoms with van der Waals surface area (Å²) < 4.78 is 0. The van der Waals surface area contributed by atoms with E-state index in [-0.39, 0.29) is 23.6 Å². The molecular formula is C18H27N3O2S. The molecule has 2 rings (SSSR count). The lowest BCUT2D eigenvalue weighted by Gasteiger charge is -2.29. The smallest absolute Gasteiger partial charge is 0.232 e. The zero-order chi connectivity index (χ0) is 17.5. The second-order valence-corrected chi connectivity index (χ2v) is 7.15. The predicted molar refractivity (Wildman–Crippen MR) is 98.7 cm³/mol. The van der Waals surface area contributed by atoms with Crippen LogP contribution in [0, 0.1) is 0 Å². The Kier molecular flexibility index (Phi) is 7.12. The van der Waals surface area contributed by atoms with Crippen molar-refractivity contribution in [2.24, 2.45) is 5.73 Å². The van der Waals surface area contributed by atoms with Gasteiger partial charge in [-0.15, -0.1) is 11.8 Å². The van der Waals surface area contributed by atoms with Crippen LogP contribution in [0.5, 0.6) is 0 Å². The fourth-order valence-electron chi connectivity index (χ4n) is 3.28. The van der Waals surface area contributed by atoms with E-state index in [2.05, 4.69) is 36.1 Å². The monoisotopic (exact) mass is 349 g/mol. The first-order chi connectivity index (χ1) is 11.5. The molecule has 0 radical (unpaired) electrons. The Morgan fingerprint density at radius 3 is 2.67 bits per heavy atom. The molecule has 0 saturated carbocycles. The molecule has 6 heteroatoms. The van der Waals surface area contributed by atoms with E-state index in [4.69, 9.17) is 5.73 Å². The van der Waals surface area contributed by atoms with Crippen molar-refractivity contribution in [2.45, 2.75) is 32.4 Å². The Balaban J connectivity index is 1.90. The van der Waals surface area contributed by atoms with Gasteiger partial charge in [-0.2, -0.15) is 0 Å². The molecule has 1 fully saturated rings. The maximum absolute atomic E-state index is 12.4. The fourth-order valence-corrected chi connectivity index (χ4v) is 3.92. The average molecular weight is 350 g/mol. The number of likely N-dealkylation sites (N-methyl/N-ethyl adjacent to an activating group) is 1. The highest BCUT2D eigenvalue weighted by atomic mass is 32.2. The molecule has 0 aromatic heterocycles. The van der Waals surface area contributed by atoms with Gasteiger partial charge in [-0.05, 0) is 25.8 Å². The Bertz CT molecular complexity index is 552. The summed E-state index contributed by atoms with van der Waals surface area (Å²) in [5.41, 5.74) is 6.43. The summed E-state index contributed by atoms with van der Waals surface area (Å²) in [7, 11) is 0. The Morgan fingerprint density at radius 1 is 1.33 bits per heavy atom. The van der Waals surface area contributed by atoms with Crippen LogP contribution in [0.4, 0.5) is 0 Å². The van der Waals surface area contributed by atoms with Gasteiger partial charge in [0.25, 0.3) is 0 Å². The lowest BCUT2D eigenvalue weighted by atomic mass is 10.1. The van der Waals surface area contributed by atoms with E-state index < -0.39 is 0 Å². The topological polar surface area (TPSA) is 66.6 Å². The van der Waals surface area contributed by atoms with E-state index in [1.807, 2.05) is 17.9 Å². The van der Waals surface area contributed by atoms with E-state index >= 15 is 0 Å². The van der Waals surface area contributed by atoms with Crippen LogP contribution in [-0.4, -0.2) is 58.8 Å². The van der Waals surface area contributed by atoms with Crippen molar-refractivity contribution in [2.75, 3.05) is 31.1 Å². The number of carbonyl (C=O) groups excluding carboxylic acids is 2. The van der Waals surface area contributed by atoms with Gasteiger partial charge < -0.3 is 10.6 Å². The molecule has 2 atom stereocenters. The molecule has 0 bridgehead atoms. The number of hydrogen-bond acceptors (Lipinski definition) is 4. The normalized spacial score (nSPS) is 19.2. The van der Waals surface area contributed by atoms with Crippen molar-refractivity contribution in [3.05, 3.63) is 35.9 Å². The summed E-state index contributed by atoms with van der Waals surface area (Å²) in [5, 5.41) is 0. The van der Waals surface area contributed by atoms with Gasteiger partial charge in [0.2, 0.25) is 11.8 Å². The van der Waals surface area contributed by atoms with Gasteiger partial charge in [0.05, 0.1) is 11.5 Å². The Hall–Kier alpha value is -1.53. The summed E-state index contributed by atoms with van der Waals surface area (Å²) in [5.74, 6) is 0.245. The summed E-state index contributed by atoms with van der Waals surface area (Å²) in [6.45, 7) is 6.84. The van der Waals surface area contributed by atoms with Gasteiger partial charge in [-0.3, -0.25) is 14.5 Å². The fraction of sp³-hybridized carbons (Fsp3) is 0.556. The first kappa shape index (κ1) is 18.8. The third kappa shape index (κ3) is 4.98. The molecule has 1 aromatic carbocycles. The number of carbonyl (C=O) groups is 2. The Morgan fingerprint density at radius 2 is 2.04 bits per heavy atom. The SMILES string of the molecule is CCN(C(=O)CSCC(N)=O)C1CCN(C(C)c2ccccc2)C1. The largest absolute Gasteiger partial charge is 0.369 e. The second-order valence-electron chi connectivity index (χ2n) is 6.16. The van der Waals surface area contributed by atoms with Crippen LogP contribution >= 0.6 is 11.8 Å². The summed E-state index contributed by atoms with van der Waals surface area (Å²) >= 11 is 1.30. The van der Waals surface area contributed by atoms with Crippen LogP contribution in [0.2, 0.25) is 0 Å². The van der Waals surface area contributed by atoms with Gasteiger partial charge in [0.1, 0.15) is 0 Å². The molecule has 2 amide bonds. The van der Waals surface area contributed by atoms with Gasteiger partial charge >= 0.3 is 0 Å². The zero-order valence-electron chi connectivity index (χ0n) is 14.5. The van der Waals surface area contributed by atoms with Crippen LogP contribution in [0.25, 0.3) is 0 Å². The number of benzene rings is 1. The van der Waals surface area contributed by atoms with Crippen LogP contribution in [0.15, 0.2) is 30.3 Å². The van der Waals surface area contributed by atoms with Gasteiger partial charge in [-0.1, -0.05) is 30.3 Å². The van der Waals surface area contributed by atoms with Crippen LogP contribution in [0.3, 0.4) is 0 Å². The minimum absolute atomic E-state index is 0.1000. The third-order valence-electron chi connectivity index (χ3n) is 4.60. The van der Waals surface area contributed by atoms with Crippen molar-refractivity contribution in [3.63, 3.8) is 0 Å². The molecule has 1 heterocycles. The number of rotatable bonds is 8. The molecule has 1 saturated heterocycles. The highest BCUT2D eigenvalue weighted by Gasteiger charge is 2.32. The molecule has 132 valence electrons. The molecule has 1 aliphatic heterocycles. The summed E-state index contributed by atoms with van der Waals surface area (Å²) in [4.78, 5) is 27.6. The first-order valence-corrected chi connectivity index (χ1v) is 9.63. The lowest BCUT2D eigenvalue weighted by Crippen LogP contribution is -2.43. The quantitative estimate of drug-likeness (QED) is 0.778. The summed E-state index contributed by atoms with van der Waals surface area (Å²) in [6, 6.07) is 11.1. The number of nitrogens with two attached hydrogens (primary N) is 1. The van der Waals surface area contributed by atoms with E-state index in [9.17, 15) is 9.59 Å². The second kappa shape index (κ2) is 9.08. The third-order valence-corrected chi connectivity index (χ3v) is 5.54. The minimum atomic E-state index is -0.375. The maximum Gasteiger partial charge on any atom is 0.232 e. The standard InChI is InChI=1S/C18H27N3O2S/c1-3-21(18(23)13-24-12-17(19)22)16-9-10-20(11-16)14(2)15-7-5-4-6-8-15/h4-8,14,16H,3,9-13H2,1-2H3,(H2,19,22). The van der Waals surface area contributed by atoms with Crippen LogP contribution in [0.1, 0.15) is 31.9 Å². The van der Waals surface area contributed by atoms with Crippen molar-refractivity contribution in [1.29, 1.82) is 0 Å². The average Bonchev–Trinajstić information content (AvgIpc) is 3.05. The van der Waals surface area contributed by atoms with Crippen molar-refractivity contribution < 1.29 is 9.59 Å². The van der Waals surface area contributed by atoms with Crippen LogP contribution < -0.4 is 5.73 Å². The van der Waals surface area contributed by atoms with E-state index in [1.54, 1.807) is 0 Å². The number of likely N-dealkylation sites (tertiary alicyclic amines) is 1. The molecule has 1 aromatic rings. The molecule has 1 aliphatic rings. The molecule has 2 unspecified atom stereocenters. The maximum atomic E-state index is 12.4. The van der Waals surface area contributed by atoms with E-state index in [0.29, 0.717) is 18.3 Å². The summed E-state index contributed by atoms with van der Waals surface area (Å²) in [6.07, 6.45) is 0.997. The number of amides is 2. The molecular weight excluding hydrogens is 322 g/mol. The number of thioether (sulfide) groups is 1. The zero-order valence-corrected chi connectivity index (χ0v) is 15.3. The van der Waals surface area contributed by atoms with Crippen molar-refractivity contribution in [3.8, 4) is 0 Å². The number of primary amides is 1.